The van der Waals surface area contributed by atoms with E-state index in [0.717, 1.165) is 18.2 Å². The molecular weight excluding hydrogens is 296 g/mol. The highest BCUT2D eigenvalue weighted by Gasteiger charge is 2.34. The third-order valence-electron chi connectivity index (χ3n) is 2.96. The molecule has 0 heterocycles. The Morgan fingerprint density at radius 1 is 0.857 bits per heavy atom. The highest BCUT2D eigenvalue weighted by molar-refractivity contribution is 5.35. The maximum absolute atomic E-state index is 13.6. The van der Waals surface area contributed by atoms with Gasteiger partial charge in [-0.25, -0.2) is 13.2 Å². The molecular formula is C14H9F6N. The van der Waals surface area contributed by atoms with Gasteiger partial charge in [-0.3, -0.25) is 0 Å². The van der Waals surface area contributed by atoms with E-state index < -0.39 is 35.2 Å². The molecule has 0 fully saturated rings. The van der Waals surface area contributed by atoms with E-state index in [1.165, 1.54) is 0 Å². The fraction of sp³-hybridized carbons (Fsp3) is 0.143. The summed E-state index contributed by atoms with van der Waals surface area (Å²) in [4.78, 5) is 0. The number of halogens is 6. The minimum Gasteiger partial charge on any atom is -0.320 e. The van der Waals surface area contributed by atoms with Crippen molar-refractivity contribution >= 4 is 0 Å². The highest BCUT2D eigenvalue weighted by Crippen LogP contribution is 2.33. The van der Waals surface area contributed by atoms with Crippen molar-refractivity contribution in [1.29, 1.82) is 0 Å². The molecule has 0 saturated carbocycles. The van der Waals surface area contributed by atoms with Gasteiger partial charge >= 0.3 is 6.18 Å². The third-order valence-corrected chi connectivity index (χ3v) is 2.96. The standard InChI is InChI=1S/C14H9F6N/c15-8-2-3-9(11(16)6-8)13(21)7-1-4-10(12(17)5-7)14(18,19)20/h1-6,13H,21H2. The molecule has 0 amide bonds. The second kappa shape index (κ2) is 5.40. The van der Waals surface area contributed by atoms with Crippen LogP contribution in [0, 0.1) is 17.5 Å². The maximum Gasteiger partial charge on any atom is 0.419 e. The van der Waals surface area contributed by atoms with Gasteiger partial charge in [0.1, 0.15) is 17.5 Å². The Morgan fingerprint density at radius 2 is 1.52 bits per heavy atom. The van der Waals surface area contributed by atoms with Crippen LogP contribution in [0.1, 0.15) is 22.7 Å². The van der Waals surface area contributed by atoms with Gasteiger partial charge in [0.2, 0.25) is 0 Å². The minimum absolute atomic E-state index is 0.0500. The van der Waals surface area contributed by atoms with E-state index in [4.69, 9.17) is 5.73 Å². The number of hydrogen-bond donors (Lipinski definition) is 1. The van der Waals surface area contributed by atoms with E-state index in [0.29, 0.717) is 18.2 Å². The summed E-state index contributed by atoms with van der Waals surface area (Å²) >= 11 is 0. The molecule has 0 aliphatic heterocycles. The molecule has 1 atom stereocenters. The average Bonchev–Trinajstić information content (AvgIpc) is 2.36. The van der Waals surface area contributed by atoms with Gasteiger partial charge < -0.3 is 5.73 Å². The van der Waals surface area contributed by atoms with Gasteiger partial charge in [0.15, 0.2) is 0 Å². The van der Waals surface area contributed by atoms with Crippen LogP contribution in [-0.2, 0) is 6.18 Å². The molecule has 2 aromatic rings. The van der Waals surface area contributed by atoms with Gasteiger partial charge in [-0.05, 0) is 23.8 Å². The molecule has 1 nitrogen and oxygen atoms in total. The molecule has 2 N–H and O–H groups in total. The van der Waals surface area contributed by atoms with Crippen LogP contribution in [-0.4, -0.2) is 0 Å². The molecule has 0 aromatic heterocycles. The molecule has 0 radical (unpaired) electrons. The second-order valence-corrected chi connectivity index (χ2v) is 4.38. The zero-order valence-electron chi connectivity index (χ0n) is 10.4. The van der Waals surface area contributed by atoms with Crippen LogP contribution in [0.15, 0.2) is 36.4 Å². The molecule has 0 spiro atoms. The Morgan fingerprint density at radius 3 is 2.05 bits per heavy atom. The summed E-state index contributed by atoms with van der Waals surface area (Å²) in [7, 11) is 0. The lowest BCUT2D eigenvalue weighted by molar-refractivity contribution is -0.140. The van der Waals surface area contributed by atoms with Gasteiger partial charge in [0, 0.05) is 11.6 Å². The largest absolute Gasteiger partial charge is 0.419 e. The number of rotatable bonds is 2. The topological polar surface area (TPSA) is 26.0 Å². The summed E-state index contributed by atoms with van der Waals surface area (Å²) in [6, 6.07) is 3.49. The van der Waals surface area contributed by atoms with Crippen molar-refractivity contribution in [3.63, 3.8) is 0 Å². The lowest BCUT2D eigenvalue weighted by atomic mass is 9.97. The summed E-state index contributed by atoms with van der Waals surface area (Å²) < 4.78 is 77.1. The molecule has 1 unspecified atom stereocenters. The number of alkyl halides is 3. The highest BCUT2D eigenvalue weighted by atomic mass is 19.4. The summed E-state index contributed by atoms with van der Waals surface area (Å²) in [5.41, 5.74) is 4.06. The average molecular weight is 305 g/mol. The van der Waals surface area contributed by atoms with Crippen molar-refractivity contribution in [2.24, 2.45) is 5.73 Å². The van der Waals surface area contributed by atoms with Crippen LogP contribution in [0.25, 0.3) is 0 Å². The first-order valence-corrected chi connectivity index (χ1v) is 5.77. The first kappa shape index (κ1) is 15.4. The Kier molecular flexibility index (Phi) is 3.95. The van der Waals surface area contributed by atoms with Gasteiger partial charge in [-0.1, -0.05) is 12.1 Å². The van der Waals surface area contributed by atoms with E-state index in [-0.39, 0.29) is 11.1 Å². The smallest absolute Gasteiger partial charge is 0.320 e. The first-order chi connectivity index (χ1) is 9.70. The summed E-state index contributed by atoms with van der Waals surface area (Å²) in [5.74, 6) is -3.28. The number of nitrogens with two attached hydrogens (primary N) is 1. The van der Waals surface area contributed by atoms with Crippen molar-refractivity contribution in [2.75, 3.05) is 0 Å². The van der Waals surface area contributed by atoms with Crippen LogP contribution >= 0.6 is 0 Å². The molecule has 0 aliphatic carbocycles. The van der Waals surface area contributed by atoms with Crippen LogP contribution in [0.3, 0.4) is 0 Å². The predicted molar refractivity (Wildman–Crippen MR) is 63.8 cm³/mol. The molecule has 0 saturated heterocycles. The van der Waals surface area contributed by atoms with Crippen LogP contribution < -0.4 is 5.73 Å². The minimum atomic E-state index is -4.83. The van der Waals surface area contributed by atoms with Crippen LogP contribution in [0.5, 0.6) is 0 Å². The van der Waals surface area contributed by atoms with Gasteiger partial charge in [0.05, 0.1) is 11.6 Å². The Bertz CT molecular complexity index is 665. The first-order valence-electron chi connectivity index (χ1n) is 5.77. The molecule has 112 valence electrons. The zero-order valence-corrected chi connectivity index (χ0v) is 10.4. The Labute approximate surface area is 116 Å². The van der Waals surface area contributed by atoms with Crippen LogP contribution in [0.2, 0.25) is 0 Å². The molecule has 0 bridgehead atoms. The lowest BCUT2D eigenvalue weighted by Gasteiger charge is -2.15. The molecule has 7 heteroatoms. The number of benzene rings is 2. The molecule has 0 aliphatic rings. The quantitative estimate of drug-likeness (QED) is 0.828. The summed E-state index contributed by atoms with van der Waals surface area (Å²) in [6.45, 7) is 0. The van der Waals surface area contributed by atoms with Crippen molar-refractivity contribution < 1.29 is 26.3 Å². The zero-order chi connectivity index (χ0) is 15.8. The third kappa shape index (κ3) is 3.18. The Balaban J connectivity index is 2.40. The summed E-state index contributed by atoms with van der Waals surface area (Å²) in [5, 5.41) is 0. The van der Waals surface area contributed by atoms with E-state index in [9.17, 15) is 26.3 Å². The monoisotopic (exact) mass is 305 g/mol. The van der Waals surface area contributed by atoms with Crippen molar-refractivity contribution in [3.05, 3.63) is 70.5 Å². The second-order valence-electron chi connectivity index (χ2n) is 4.38. The van der Waals surface area contributed by atoms with Crippen LogP contribution in [0.4, 0.5) is 26.3 Å². The lowest BCUT2D eigenvalue weighted by Crippen LogP contribution is -2.15. The van der Waals surface area contributed by atoms with E-state index in [1.807, 2.05) is 0 Å². The Hall–Kier alpha value is -2.02. The van der Waals surface area contributed by atoms with E-state index in [1.54, 1.807) is 0 Å². The van der Waals surface area contributed by atoms with E-state index in [2.05, 4.69) is 0 Å². The van der Waals surface area contributed by atoms with Crippen molar-refractivity contribution in [3.8, 4) is 0 Å². The number of hydrogen-bond acceptors (Lipinski definition) is 1. The van der Waals surface area contributed by atoms with Gasteiger partial charge in [-0.2, -0.15) is 13.2 Å². The van der Waals surface area contributed by atoms with Gasteiger partial charge in [-0.15, -0.1) is 0 Å². The fourth-order valence-electron chi connectivity index (χ4n) is 1.89. The SMILES string of the molecule is NC(c1ccc(C(F)(F)F)c(F)c1)c1ccc(F)cc1F. The summed E-state index contributed by atoms with van der Waals surface area (Å²) in [6.07, 6.45) is -4.83. The molecule has 2 aromatic carbocycles. The van der Waals surface area contributed by atoms with E-state index >= 15 is 0 Å². The van der Waals surface area contributed by atoms with Crippen molar-refractivity contribution in [2.45, 2.75) is 12.2 Å². The van der Waals surface area contributed by atoms with Gasteiger partial charge in [0.25, 0.3) is 0 Å². The fourth-order valence-corrected chi connectivity index (χ4v) is 1.89. The maximum atomic E-state index is 13.6. The normalized spacial score (nSPS) is 13.3. The molecule has 21 heavy (non-hydrogen) atoms. The van der Waals surface area contributed by atoms with Crippen molar-refractivity contribution in [1.82, 2.24) is 0 Å². The molecule has 2 rings (SSSR count). The predicted octanol–water partition coefficient (Wildman–Crippen LogP) is 4.17.